The van der Waals surface area contributed by atoms with Crippen LogP contribution in [-0.4, -0.2) is 89.2 Å². The van der Waals surface area contributed by atoms with Gasteiger partial charge in [0.2, 0.25) is 5.91 Å². The van der Waals surface area contributed by atoms with E-state index in [2.05, 4.69) is 20.5 Å². The highest BCUT2D eigenvalue weighted by Gasteiger charge is 2.26. The molecule has 27 heavy (non-hydrogen) atoms. The van der Waals surface area contributed by atoms with Gasteiger partial charge in [0, 0.05) is 81.1 Å². The monoisotopic (exact) mass is 513 g/mol. The van der Waals surface area contributed by atoms with E-state index in [1.807, 2.05) is 11.8 Å². The molecule has 1 aliphatic carbocycles. The van der Waals surface area contributed by atoms with Crippen LogP contribution in [0.1, 0.15) is 39.5 Å². The molecule has 2 fully saturated rings. The summed E-state index contributed by atoms with van der Waals surface area (Å²) in [6, 6.07) is 0.356. The number of carbonyl (C=O) groups excluding carboxylic acids is 1. The summed E-state index contributed by atoms with van der Waals surface area (Å²) in [6.07, 6.45) is 4.29. The maximum Gasteiger partial charge on any atom is 0.219 e. The second-order valence-electron chi connectivity index (χ2n) is 7.15. The number of hydrogen-bond donors (Lipinski definition) is 2. The molecule has 158 valence electrons. The summed E-state index contributed by atoms with van der Waals surface area (Å²) in [4.78, 5) is 20.0. The zero-order valence-corrected chi connectivity index (χ0v) is 20.1. The van der Waals surface area contributed by atoms with Crippen molar-refractivity contribution in [1.82, 2.24) is 20.4 Å². The Morgan fingerprint density at radius 3 is 2.52 bits per heavy atom. The van der Waals surface area contributed by atoms with Gasteiger partial charge >= 0.3 is 0 Å². The third-order valence-corrected chi connectivity index (χ3v) is 7.13. The Bertz CT molecular complexity index is 512. The SMILES string of the molecule is CCS(=O)C1CCCC(NC(=NC)NCCN2CCN(C(C)=O)CC2)C1.I. The zero-order chi connectivity index (χ0) is 18.9. The van der Waals surface area contributed by atoms with Crippen LogP contribution in [0.15, 0.2) is 4.99 Å². The largest absolute Gasteiger partial charge is 0.355 e. The summed E-state index contributed by atoms with van der Waals surface area (Å²) in [6.45, 7) is 8.92. The zero-order valence-electron chi connectivity index (χ0n) is 16.9. The number of nitrogens with one attached hydrogen (secondary N) is 2. The maximum atomic E-state index is 12.1. The molecule has 1 saturated carbocycles. The Morgan fingerprint density at radius 1 is 1.22 bits per heavy atom. The van der Waals surface area contributed by atoms with Gasteiger partial charge < -0.3 is 15.5 Å². The van der Waals surface area contributed by atoms with Crippen LogP contribution in [0.4, 0.5) is 0 Å². The van der Waals surface area contributed by atoms with Crippen LogP contribution in [0.25, 0.3) is 0 Å². The number of rotatable bonds is 6. The molecule has 1 aliphatic heterocycles. The molecular weight excluding hydrogens is 477 g/mol. The van der Waals surface area contributed by atoms with Gasteiger partial charge in [-0.2, -0.15) is 0 Å². The summed E-state index contributed by atoms with van der Waals surface area (Å²) in [5, 5.41) is 7.23. The molecule has 3 atom stereocenters. The molecule has 0 aromatic carbocycles. The van der Waals surface area contributed by atoms with Crippen molar-refractivity contribution >= 4 is 46.6 Å². The molecule has 1 amide bonds. The molecule has 0 bridgehead atoms. The van der Waals surface area contributed by atoms with Crippen LogP contribution in [0.5, 0.6) is 0 Å². The second kappa shape index (κ2) is 12.9. The Labute approximate surface area is 183 Å². The Balaban J connectivity index is 0.00000364. The normalized spacial score (nSPS) is 25.4. The summed E-state index contributed by atoms with van der Waals surface area (Å²) in [5.41, 5.74) is 0. The van der Waals surface area contributed by atoms with Gasteiger partial charge in [0.25, 0.3) is 0 Å². The third-order valence-electron chi connectivity index (χ3n) is 5.38. The maximum absolute atomic E-state index is 12.1. The topological polar surface area (TPSA) is 77.0 Å². The van der Waals surface area contributed by atoms with Crippen molar-refractivity contribution < 1.29 is 9.00 Å². The van der Waals surface area contributed by atoms with Crippen LogP contribution in [-0.2, 0) is 15.6 Å². The second-order valence-corrected chi connectivity index (χ2v) is 9.15. The van der Waals surface area contributed by atoms with Crippen LogP contribution in [0, 0.1) is 0 Å². The highest BCUT2D eigenvalue weighted by atomic mass is 127. The first-order valence-electron chi connectivity index (χ1n) is 9.85. The summed E-state index contributed by atoms with van der Waals surface area (Å²) >= 11 is 0. The van der Waals surface area contributed by atoms with Gasteiger partial charge in [0.1, 0.15) is 0 Å². The molecule has 1 saturated heterocycles. The Hall–Kier alpha value is -0.420. The lowest BCUT2D eigenvalue weighted by Gasteiger charge is -2.34. The fourth-order valence-electron chi connectivity index (χ4n) is 3.76. The average molecular weight is 513 g/mol. The number of piperazine rings is 1. The van der Waals surface area contributed by atoms with Crippen LogP contribution >= 0.6 is 24.0 Å². The van der Waals surface area contributed by atoms with Crippen molar-refractivity contribution in [3.63, 3.8) is 0 Å². The predicted octanol–water partition coefficient (Wildman–Crippen LogP) is 1.01. The van der Waals surface area contributed by atoms with E-state index in [0.717, 1.165) is 76.7 Å². The van der Waals surface area contributed by atoms with E-state index >= 15 is 0 Å². The average Bonchev–Trinajstić information content (AvgIpc) is 2.67. The molecule has 9 heteroatoms. The van der Waals surface area contributed by atoms with Gasteiger partial charge in [-0.25, -0.2) is 0 Å². The molecule has 2 rings (SSSR count). The number of aliphatic imine (C=N–C) groups is 1. The van der Waals surface area contributed by atoms with E-state index in [1.54, 1.807) is 14.0 Å². The number of carbonyl (C=O) groups is 1. The molecule has 0 spiro atoms. The lowest BCUT2D eigenvalue weighted by molar-refractivity contribution is -0.130. The van der Waals surface area contributed by atoms with Gasteiger partial charge in [-0.1, -0.05) is 13.3 Å². The van der Waals surface area contributed by atoms with E-state index in [9.17, 15) is 9.00 Å². The molecule has 7 nitrogen and oxygen atoms in total. The fourth-order valence-corrected chi connectivity index (χ4v) is 5.11. The van der Waals surface area contributed by atoms with Crippen molar-refractivity contribution in [3.8, 4) is 0 Å². The van der Waals surface area contributed by atoms with Crippen molar-refractivity contribution in [3.05, 3.63) is 0 Å². The number of nitrogens with zero attached hydrogens (tertiary/aromatic N) is 3. The number of guanidine groups is 1. The lowest BCUT2D eigenvalue weighted by atomic mass is 9.95. The standard InChI is InChI=1S/C18H35N5O2S.HI/c1-4-26(25)17-7-5-6-16(14-17)21-18(19-3)20-8-9-22-10-12-23(13-11-22)15(2)24;/h16-17H,4-14H2,1-3H3,(H2,19,20,21);1H. The summed E-state index contributed by atoms with van der Waals surface area (Å²) in [7, 11) is 1.10. The van der Waals surface area contributed by atoms with E-state index in [-0.39, 0.29) is 29.9 Å². The molecule has 0 aromatic rings. The van der Waals surface area contributed by atoms with Crippen molar-refractivity contribution in [2.75, 3.05) is 52.1 Å². The molecule has 0 aromatic heterocycles. The van der Waals surface area contributed by atoms with E-state index in [1.165, 1.54) is 0 Å². The van der Waals surface area contributed by atoms with Gasteiger partial charge in [-0.15, -0.1) is 24.0 Å². The molecule has 1 heterocycles. The smallest absolute Gasteiger partial charge is 0.219 e. The minimum atomic E-state index is -0.701. The summed E-state index contributed by atoms with van der Waals surface area (Å²) < 4.78 is 12.1. The Morgan fingerprint density at radius 2 is 1.93 bits per heavy atom. The lowest BCUT2D eigenvalue weighted by Crippen LogP contribution is -2.51. The van der Waals surface area contributed by atoms with E-state index < -0.39 is 10.8 Å². The number of hydrogen-bond acceptors (Lipinski definition) is 4. The van der Waals surface area contributed by atoms with Gasteiger partial charge in [-0.3, -0.25) is 18.9 Å². The molecular formula is C18H36IN5O2S. The van der Waals surface area contributed by atoms with Gasteiger partial charge in [0.05, 0.1) is 0 Å². The highest BCUT2D eigenvalue weighted by Crippen LogP contribution is 2.22. The minimum absolute atomic E-state index is 0. The van der Waals surface area contributed by atoms with Crippen LogP contribution < -0.4 is 10.6 Å². The van der Waals surface area contributed by atoms with Crippen molar-refractivity contribution in [2.24, 2.45) is 4.99 Å². The molecule has 0 radical (unpaired) electrons. The molecule has 2 aliphatic rings. The van der Waals surface area contributed by atoms with Gasteiger partial charge in [0.15, 0.2) is 5.96 Å². The quantitative estimate of drug-likeness (QED) is 0.315. The predicted molar refractivity (Wildman–Crippen MR) is 123 cm³/mol. The summed E-state index contributed by atoms with van der Waals surface area (Å²) in [5.74, 6) is 1.75. The third kappa shape index (κ3) is 8.23. The molecule has 2 N–H and O–H groups in total. The van der Waals surface area contributed by atoms with Gasteiger partial charge in [-0.05, 0) is 19.3 Å². The Kier molecular flexibility index (Phi) is 11.8. The number of amides is 1. The first-order chi connectivity index (χ1) is 12.5. The highest BCUT2D eigenvalue weighted by molar-refractivity contribution is 14.0. The fraction of sp³-hybridized carbons (Fsp3) is 0.889. The van der Waals surface area contributed by atoms with Crippen LogP contribution in [0.3, 0.4) is 0 Å². The first-order valence-corrected chi connectivity index (χ1v) is 11.2. The number of halogens is 1. The van der Waals surface area contributed by atoms with Crippen molar-refractivity contribution in [2.45, 2.75) is 50.8 Å². The van der Waals surface area contributed by atoms with Crippen molar-refractivity contribution in [1.29, 1.82) is 0 Å². The van der Waals surface area contributed by atoms with E-state index in [0.29, 0.717) is 11.3 Å². The van der Waals surface area contributed by atoms with E-state index in [4.69, 9.17) is 0 Å². The van der Waals surface area contributed by atoms with Crippen LogP contribution in [0.2, 0.25) is 0 Å². The first kappa shape index (κ1) is 24.6. The minimum Gasteiger partial charge on any atom is -0.355 e. The molecule has 3 unspecified atom stereocenters.